The van der Waals surface area contributed by atoms with Crippen LogP contribution in [-0.4, -0.2) is 38.0 Å². The zero-order valence-corrected chi connectivity index (χ0v) is 10.2. The monoisotopic (exact) mass is 248 g/mol. The summed E-state index contributed by atoms with van der Waals surface area (Å²) in [6, 6.07) is 9.09. The molecule has 2 N–H and O–H groups in total. The number of nitrogens with one attached hydrogen (secondary N) is 2. The molecule has 0 bridgehead atoms. The maximum atomic E-state index is 12.0. The molecule has 96 valence electrons. The van der Waals surface area contributed by atoms with Crippen molar-refractivity contribution in [3.05, 3.63) is 30.3 Å². The highest BCUT2D eigenvalue weighted by Crippen LogP contribution is 2.13. The number of para-hydroxylation sites is 1. The number of hydrogen-bond donors (Lipinski definition) is 2. The second-order valence-electron chi connectivity index (χ2n) is 4.19. The Balaban J connectivity index is 2.02. The van der Waals surface area contributed by atoms with Crippen LogP contribution < -0.4 is 10.6 Å². The fourth-order valence-corrected chi connectivity index (χ4v) is 1.96. The van der Waals surface area contributed by atoms with Gasteiger partial charge in [-0.05, 0) is 12.1 Å². The first-order valence-electron chi connectivity index (χ1n) is 5.85. The number of carbonyl (C=O) groups is 2. The topological polar surface area (TPSA) is 67.4 Å². The zero-order chi connectivity index (χ0) is 13.0. The SMILES string of the molecule is COC1CNCC(C(=O)Nc2ccccc2)C1=O. The maximum Gasteiger partial charge on any atom is 0.236 e. The number of benzene rings is 1. The van der Waals surface area contributed by atoms with E-state index < -0.39 is 12.0 Å². The molecule has 1 saturated heterocycles. The van der Waals surface area contributed by atoms with Crippen LogP contribution in [0.4, 0.5) is 5.69 Å². The number of ketones is 1. The number of carbonyl (C=O) groups excluding carboxylic acids is 2. The number of amides is 1. The molecule has 0 spiro atoms. The number of anilines is 1. The van der Waals surface area contributed by atoms with Crippen molar-refractivity contribution in [2.45, 2.75) is 6.10 Å². The Labute approximate surface area is 106 Å². The van der Waals surface area contributed by atoms with E-state index in [1.807, 2.05) is 18.2 Å². The molecular weight excluding hydrogens is 232 g/mol. The van der Waals surface area contributed by atoms with Gasteiger partial charge >= 0.3 is 0 Å². The maximum absolute atomic E-state index is 12.0. The van der Waals surface area contributed by atoms with Crippen LogP contribution in [0.1, 0.15) is 0 Å². The summed E-state index contributed by atoms with van der Waals surface area (Å²) in [6.07, 6.45) is -0.537. The van der Waals surface area contributed by atoms with Gasteiger partial charge in [0, 0.05) is 25.9 Å². The number of Topliss-reactive ketones (excluding diaryl/α,β-unsaturated/α-hetero) is 1. The fourth-order valence-electron chi connectivity index (χ4n) is 1.96. The Morgan fingerprint density at radius 3 is 2.72 bits per heavy atom. The lowest BCUT2D eigenvalue weighted by Gasteiger charge is -2.26. The molecule has 1 amide bonds. The molecule has 2 atom stereocenters. The molecule has 1 fully saturated rings. The molecule has 5 heteroatoms. The third kappa shape index (κ3) is 2.75. The number of rotatable bonds is 3. The quantitative estimate of drug-likeness (QED) is 0.761. The van der Waals surface area contributed by atoms with Crippen molar-refractivity contribution in [2.24, 2.45) is 5.92 Å². The van der Waals surface area contributed by atoms with Crippen molar-refractivity contribution in [3.63, 3.8) is 0 Å². The average molecular weight is 248 g/mol. The lowest BCUT2D eigenvalue weighted by atomic mass is 9.95. The third-order valence-electron chi connectivity index (χ3n) is 2.98. The highest BCUT2D eigenvalue weighted by molar-refractivity contribution is 6.09. The standard InChI is InChI=1S/C13H16N2O3/c1-18-11-8-14-7-10(12(11)16)13(17)15-9-5-3-2-4-6-9/h2-6,10-11,14H,7-8H2,1H3,(H,15,17). The summed E-state index contributed by atoms with van der Waals surface area (Å²) < 4.78 is 5.04. The second-order valence-corrected chi connectivity index (χ2v) is 4.19. The summed E-state index contributed by atoms with van der Waals surface area (Å²) in [5.41, 5.74) is 0.690. The molecule has 5 nitrogen and oxygen atoms in total. The largest absolute Gasteiger partial charge is 0.372 e. The van der Waals surface area contributed by atoms with Crippen molar-refractivity contribution in [1.29, 1.82) is 0 Å². The molecule has 0 radical (unpaired) electrons. The Kier molecular flexibility index (Phi) is 4.07. The molecule has 2 unspecified atom stereocenters. The molecule has 0 aliphatic carbocycles. The minimum absolute atomic E-state index is 0.162. The van der Waals surface area contributed by atoms with Gasteiger partial charge in [-0.25, -0.2) is 0 Å². The van der Waals surface area contributed by atoms with Crippen LogP contribution in [0.3, 0.4) is 0 Å². The number of piperidine rings is 1. The van der Waals surface area contributed by atoms with Gasteiger partial charge in [0.15, 0.2) is 5.78 Å². The predicted molar refractivity (Wildman–Crippen MR) is 67.2 cm³/mol. The van der Waals surface area contributed by atoms with Gasteiger partial charge in [-0.3, -0.25) is 9.59 Å². The van der Waals surface area contributed by atoms with E-state index in [1.165, 1.54) is 7.11 Å². The number of hydrogen-bond acceptors (Lipinski definition) is 4. The van der Waals surface area contributed by atoms with Crippen molar-refractivity contribution in [2.75, 3.05) is 25.5 Å². The molecule has 1 aromatic rings. The Morgan fingerprint density at radius 2 is 2.06 bits per heavy atom. The van der Waals surface area contributed by atoms with E-state index in [9.17, 15) is 9.59 Å². The minimum atomic E-state index is -0.691. The first kappa shape index (κ1) is 12.7. The molecule has 1 aromatic carbocycles. The van der Waals surface area contributed by atoms with Crippen LogP contribution in [0.5, 0.6) is 0 Å². The molecule has 1 aliphatic rings. The highest BCUT2D eigenvalue weighted by atomic mass is 16.5. The normalized spacial score (nSPS) is 23.7. The van der Waals surface area contributed by atoms with Crippen LogP contribution in [0.15, 0.2) is 30.3 Å². The van der Waals surface area contributed by atoms with E-state index in [-0.39, 0.29) is 11.7 Å². The fraction of sp³-hybridized carbons (Fsp3) is 0.385. The van der Waals surface area contributed by atoms with Gasteiger partial charge in [0.2, 0.25) is 5.91 Å². The second kappa shape index (κ2) is 5.75. The summed E-state index contributed by atoms with van der Waals surface area (Å²) >= 11 is 0. The van der Waals surface area contributed by atoms with E-state index in [0.29, 0.717) is 18.8 Å². The molecule has 18 heavy (non-hydrogen) atoms. The van der Waals surface area contributed by atoms with E-state index in [1.54, 1.807) is 12.1 Å². The Morgan fingerprint density at radius 1 is 1.33 bits per heavy atom. The van der Waals surface area contributed by atoms with Crippen molar-refractivity contribution in [1.82, 2.24) is 5.32 Å². The number of methoxy groups -OCH3 is 1. The number of ether oxygens (including phenoxy) is 1. The van der Waals surface area contributed by atoms with Gasteiger partial charge in [-0.1, -0.05) is 18.2 Å². The first-order valence-corrected chi connectivity index (χ1v) is 5.85. The van der Waals surface area contributed by atoms with Crippen LogP contribution in [0.25, 0.3) is 0 Å². The van der Waals surface area contributed by atoms with E-state index in [2.05, 4.69) is 10.6 Å². The third-order valence-corrected chi connectivity index (χ3v) is 2.98. The highest BCUT2D eigenvalue weighted by Gasteiger charge is 2.35. The van der Waals surface area contributed by atoms with E-state index >= 15 is 0 Å². The average Bonchev–Trinajstić information content (AvgIpc) is 2.40. The van der Waals surface area contributed by atoms with E-state index in [0.717, 1.165) is 0 Å². The lowest BCUT2D eigenvalue weighted by Crippen LogP contribution is -2.52. The summed E-state index contributed by atoms with van der Waals surface area (Å²) in [6.45, 7) is 0.821. The van der Waals surface area contributed by atoms with Gasteiger partial charge in [0.1, 0.15) is 12.0 Å². The molecule has 2 rings (SSSR count). The molecule has 1 aliphatic heterocycles. The lowest BCUT2D eigenvalue weighted by molar-refractivity contribution is -0.140. The predicted octanol–water partition coefficient (Wildman–Crippen LogP) is 0.429. The van der Waals surface area contributed by atoms with Crippen LogP contribution in [-0.2, 0) is 14.3 Å². The van der Waals surface area contributed by atoms with E-state index in [4.69, 9.17) is 4.74 Å². The smallest absolute Gasteiger partial charge is 0.236 e. The van der Waals surface area contributed by atoms with Crippen LogP contribution >= 0.6 is 0 Å². The Bertz CT molecular complexity index is 433. The summed E-state index contributed by atoms with van der Waals surface area (Å²) in [5.74, 6) is -1.14. The molecule has 0 aromatic heterocycles. The van der Waals surface area contributed by atoms with Gasteiger partial charge in [0.05, 0.1) is 0 Å². The molecule has 0 saturated carbocycles. The molecular formula is C13H16N2O3. The molecule has 1 heterocycles. The van der Waals surface area contributed by atoms with Crippen molar-refractivity contribution >= 4 is 17.4 Å². The van der Waals surface area contributed by atoms with Gasteiger partial charge in [0.25, 0.3) is 0 Å². The van der Waals surface area contributed by atoms with Crippen LogP contribution in [0, 0.1) is 5.92 Å². The summed E-state index contributed by atoms with van der Waals surface area (Å²) in [5, 5.41) is 5.76. The Hall–Kier alpha value is -1.72. The zero-order valence-electron chi connectivity index (χ0n) is 10.2. The minimum Gasteiger partial charge on any atom is -0.372 e. The summed E-state index contributed by atoms with van der Waals surface area (Å²) in [4.78, 5) is 24.0. The first-order chi connectivity index (χ1) is 8.72. The summed E-state index contributed by atoms with van der Waals surface area (Å²) in [7, 11) is 1.47. The van der Waals surface area contributed by atoms with Gasteiger partial charge in [-0.15, -0.1) is 0 Å². The van der Waals surface area contributed by atoms with Crippen molar-refractivity contribution < 1.29 is 14.3 Å². The van der Waals surface area contributed by atoms with Crippen LogP contribution in [0.2, 0.25) is 0 Å². The van der Waals surface area contributed by atoms with Crippen molar-refractivity contribution in [3.8, 4) is 0 Å². The van der Waals surface area contributed by atoms with Gasteiger partial charge < -0.3 is 15.4 Å². The van der Waals surface area contributed by atoms with Gasteiger partial charge in [-0.2, -0.15) is 0 Å².